The number of aryl methyl sites for hydroxylation is 1. The first-order valence-electron chi connectivity index (χ1n) is 10.4. The van der Waals surface area contributed by atoms with Crippen LogP contribution in [0.2, 0.25) is 0 Å². The summed E-state index contributed by atoms with van der Waals surface area (Å²) in [5.74, 6) is 1.22. The van der Waals surface area contributed by atoms with Gasteiger partial charge in [-0.2, -0.15) is 0 Å². The van der Waals surface area contributed by atoms with Crippen LogP contribution in [0.1, 0.15) is 63.1 Å². The van der Waals surface area contributed by atoms with Crippen molar-refractivity contribution in [3.63, 3.8) is 0 Å². The Hall–Kier alpha value is -2.56. The maximum atomic E-state index is 11.0. The Labute approximate surface area is 171 Å². The number of benzene rings is 2. The summed E-state index contributed by atoms with van der Waals surface area (Å²) in [4.78, 5) is 10.5. The highest BCUT2D eigenvalue weighted by atomic mass is 16.6. The van der Waals surface area contributed by atoms with Crippen LogP contribution in [-0.2, 0) is 18.4 Å². The second-order valence-corrected chi connectivity index (χ2v) is 9.54. The van der Waals surface area contributed by atoms with Gasteiger partial charge in [-0.25, -0.2) is 0 Å². The highest BCUT2D eigenvalue weighted by Crippen LogP contribution is 2.58. The van der Waals surface area contributed by atoms with E-state index in [4.69, 9.17) is 4.74 Å². The molecule has 0 radical (unpaired) electrons. The fourth-order valence-electron chi connectivity index (χ4n) is 5.84. The van der Waals surface area contributed by atoms with Gasteiger partial charge < -0.3 is 9.84 Å². The molecule has 0 bridgehead atoms. The summed E-state index contributed by atoms with van der Waals surface area (Å²) in [7, 11) is 0. The topological polar surface area (TPSA) is 72.6 Å². The fourth-order valence-corrected chi connectivity index (χ4v) is 5.84. The summed E-state index contributed by atoms with van der Waals surface area (Å²) >= 11 is 0. The van der Waals surface area contributed by atoms with Crippen LogP contribution in [0.15, 0.2) is 36.4 Å². The van der Waals surface area contributed by atoms with E-state index in [0.717, 1.165) is 19.3 Å². The van der Waals surface area contributed by atoms with E-state index in [1.165, 1.54) is 36.1 Å². The van der Waals surface area contributed by atoms with Crippen LogP contribution in [-0.4, -0.2) is 10.0 Å². The van der Waals surface area contributed by atoms with E-state index in [-0.39, 0.29) is 23.5 Å². The molecule has 1 saturated carbocycles. The lowest BCUT2D eigenvalue weighted by molar-refractivity contribution is -0.384. The summed E-state index contributed by atoms with van der Waals surface area (Å²) in [6.07, 6.45) is 5.78. The van der Waals surface area contributed by atoms with Gasteiger partial charge in [0.1, 0.15) is 6.61 Å². The van der Waals surface area contributed by atoms with Gasteiger partial charge in [0.25, 0.3) is 5.69 Å². The van der Waals surface area contributed by atoms with Crippen LogP contribution < -0.4 is 4.74 Å². The first-order chi connectivity index (χ1) is 13.7. The Bertz CT molecular complexity index is 952. The average molecular weight is 395 g/mol. The molecule has 0 heterocycles. The third-order valence-electron chi connectivity index (χ3n) is 7.25. The standard InChI is InChI=1S/C24H29NO4/c1-23(2)10-5-11-24(3)19-14-20(26)21(13-17(19)8-9-22(23)24)29-15-16-6-4-7-18(12-16)25(27)28/h4,6-7,12-14,22,26H,5,8-11,15H2,1-3H3/t22-,24-/m1/s1. The van der Waals surface area contributed by atoms with Gasteiger partial charge in [-0.1, -0.05) is 39.3 Å². The quantitative estimate of drug-likeness (QED) is 0.516. The zero-order valence-electron chi connectivity index (χ0n) is 17.4. The Balaban J connectivity index is 1.60. The van der Waals surface area contributed by atoms with E-state index < -0.39 is 4.92 Å². The summed E-state index contributed by atoms with van der Waals surface area (Å²) in [5, 5.41) is 21.6. The maximum Gasteiger partial charge on any atom is 0.269 e. The molecular weight excluding hydrogens is 366 g/mol. The lowest BCUT2D eigenvalue weighted by Crippen LogP contribution is -2.47. The molecular formula is C24H29NO4. The SMILES string of the molecule is CC1(C)CCC[C@]2(C)c3cc(O)c(OCc4cccc([N+](=O)[O-])c4)cc3CC[C@H]12. The molecule has 0 aliphatic heterocycles. The van der Waals surface area contributed by atoms with Crippen molar-refractivity contribution in [2.24, 2.45) is 11.3 Å². The molecule has 2 atom stereocenters. The second-order valence-electron chi connectivity index (χ2n) is 9.54. The van der Waals surface area contributed by atoms with Gasteiger partial charge in [0.15, 0.2) is 11.5 Å². The minimum absolute atomic E-state index is 0.0413. The average Bonchev–Trinajstić information content (AvgIpc) is 2.66. The predicted molar refractivity (Wildman–Crippen MR) is 112 cm³/mol. The summed E-state index contributed by atoms with van der Waals surface area (Å²) in [6, 6.07) is 10.3. The first kappa shape index (κ1) is 19.7. The number of nitro benzene ring substituents is 1. The normalized spacial score (nSPS) is 25.0. The highest BCUT2D eigenvalue weighted by Gasteiger charge is 2.49. The van der Waals surface area contributed by atoms with Gasteiger partial charge in [-0.3, -0.25) is 10.1 Å². The predicted octanol–water partition coefficient (Wildman–Crippen LogP) is 5.91. The molecule has 0 aromatic heterocycles. The van der Waals surface area contributed by atoms with Crippen LogP contribution in [0, 0.1) is 21.4 Å². The Morgan fingerprint density at radius 2 is 2.00 bits per heavy atom. The van der Waals surface area contributed by atoms with E-state index in [1.54, 1.807) is 12.1 Å². The monoisotopic (exact) mass is 395 g/mol. The molecule has 5 nitrogen and oxygen atoms in total. The molecule has 2 aromatic carbocycles. The highest BCUT2D eigenvalue weighted by molar-refractivity contribution is 5.51. The van der Waals surface area contributed by atoms with Crippen molar-refractivity contribution < 1.29 is 14.8 Å². The van der Waals surface area contributed by atoms with Crippen LogP contribution >= 0.6 is 0 Å². The summed E-state index contributed by atoms with van der Waals surface area (Å²) < 4.78 is 5.86. The van der Waals surface area contributed by atoms with Gasteiger partial charge >= 0.3 is 0 Å². The second kappa shape index (κ2) is 7.05. The maximum absolute atomic E-state index is 11.0. The molecule has 2 aliphatic rings. The molecule has 0 unspecified atom stereocenters. The smallest absolute Gasteiger partial charge is 0.269 e. The number of aromatic hydroxyl groups is 1. The molecule has 0 saturated heterocycles. The van der Waals surface area contributed by atoms with Gasteiger partial charge in [0.05, 0.1) is 4.92 Å². The third kappa shape index (κ3) is 3.47. The largest absolute Gasteiger partial charge is 0.504 e. The molecule has 1 fully saturated rings. The number of rotatable bonds is 4. The number of hydrogen-bond donors (Lipinski definition) is 1. The molecule has 4 rings (SSSR count). The Morgan fingerprint density at radius 1 is 1.21 bits per heavy atom. The number of hydrogen-bond acceptors (Lipinski definition) is 4. The zero-order chi connectivity index (χ0) is 20.8. The van der Waals surface area contributed by atoms with Crippen LogP contribution in [0.3, 0.4) is 0 Å². The molecule has 1 N–H and O–H groups in total. The zero-order valence-corrected chi connectivity index (χ0v) is 17.4. The molecule has 0 amide bonds. The molecule has 2 aliphatic carbocycles. The molecule has 29 heavy (non-hydrogen) atoms. The Morgan fingerprint density at radius 3 is 2.76 bits per heavy atom. The first-order valence-corrected chi connectivity index (χ1v) is 10.4. The third-order valence-corrected chi connectivity index (χ3v) is 7.25. The number of nitro groups is 1. The minimum Gasteiger partial charge on any atom is -0.504 e. The molecule has 2 aromatic rings. The van der Waals surface area contributed by atoms with Gasteiger partial charge in [-0.05, 0) is 71.3 Å². The van der Waals surface area contributed by atoms with Gasteiger partial charge in [0.2, 0.25) is 0 Å². The van der Waals surface area contributed by atoms with Crippen LogP contribution in [0.5, 0.6) is 11.5 Å². The number of fused-ring (bicyclic) bond motifs is 3. The van der Waals surface area contributed by atoms with E-state index in [9.17, 15) is 15.2 Å². The van der Waals surface area contributed by atoms with Crippen LogP contribution in [0.25, 0.3) is 0 Å². The summed E-state index contributed by atoms with van der Waals surface area (Å²) in [5.41, 5.74) is 3.68. The van der Waals surface area contributed by atoms with E-state index in [0.29, 0.717) is 22.6 Å². The number of phenolic OH excluding ortho intramolecular Hbond substituents is 1. The lowest BCUT2D eigenvalue weighted by Gasteiger charge is -2.54. The number of nitrogens with zero attached hydrogens (tertiary/aromatic N) is 1. The van der Waals surface area contributed by atoms with Crippen molar-refractivity contribution in [1.29, 1.82) is 0 Å². The number of non-ortho nitro benzene ring substituents is 1. The van der Waals surface area contributed by atoms with Crippen molar-refractivity contribution in [2.45, 2.75) is 64.9 Å². The minimum atomic E-state index is -0.414. The van der Waals surface area contributed by atoms with E-state index >= 15 is 0 Å². The summed E-state index contributed by atoms with van der Waals surface area (Å²) in [6.45, 7) is 7.31. The molecule has 154 valence electrons. The van der Waals surface area contributed by atoms with Crippen molar-refractivity contribution in [3.05, 3.63) is 63.2 Å². The van der Waals surface area contributed by atoms with Crippen LogP contribution in [0.4, 0.5) is 5.69 Å². The molecule has 0 spiro atoms. The van der Waals surface area contributed by atoms with Crippen molar-refractivity contribution in [3.8, 4) is 11.5 Å². The van der Waals surface area contributed by atoms with Gasteiger partial charge in [0, 0.05) is 12.1 Å². The number of phenols is 1. The van der Waals surface area contributed by atoms with E-state index in [2.05, 4.69) is 20.8 Å². The fraction of sp³-hybridized carbons (Fsp3) is 0.500. The van der Waals surface area contributed by atoms with Gasteiger partial charge in [-0.15, -0.1) is 0 Å². The molecule has 5 heteroatoms. The van der Waals surface area contributed by atoms with Crippen molar-refractivity contribution >= 4 is 5.69 Å². The Kier molecular flexibility index (Phi) is 4.80. The lowest BCUT2D eigenvalue weighted by atomic mass is 9.50. The number of ether oxygens (including phenoxy) is 1. The van der Waals surface area contributed by atoms with Crippen molar-refractivity contribution in [1.82, 2.24) is 0 Å². The van der Waals surface area contributed by atoms with Crippen molar-refractivity contribution in [2.75, 3.05) is 0 Å². The van der Waals surface area contributed by atoms with E-state index in [1.807, 2.05) is 12.1 Å².